The van der Waals surface area contributed by atoms with Gasteiger partial charge in [0.05, 0.1) is 0 Å². The lowest BCUT2D eigenvalue weighted by molar-refractivity contribution is -0.192. The fourth-order valence-electron chi connectivity index (χ4n) is 0.784. The van der Waals surface area contributed by atoms with Crippen LogP contribution in [0.5, 0.6) is 0 Å². The van der Waals surface area contributed by atoms with E-state index in [4.69, 9.17) is 15.7 Å². The number of nitrogens with one attached hydrogen (secondary N) is 1. The zero-order chi connectivity index (χ0) is 14.9. The van der Waals surface area contributed by atoms with E-state index in [1.54, 1.807) is 6.08 Å². The van der Waals surface area contributed by atoms with Crippen molar-refractivity contribution in [2.45, 2.75) is 6.18 Å². The normalized spacial score (nSPS) is 10.5. The largest absolute Gasteiger partial charge is 0.490 e. The van der Waals surface area contributed by atoms with Crippen LogP contribution in [0.3, 0.4) is 0 Å². The van der Waals surface area contributed by atoms with Gasteiger partial charge in [0.15, 0.2) is 0 Å². The molecule has 0 bridgehead atoms. The van der Waals surface area contributed by atoms with Gasteiger partial charge in [0.25, 0.3) is 5.91 Å². The first-order valence-corrected chi connectivity index (χ1v) is 4.81. The molecule has 0 aliphatic heterocycles. The van der Waals surface area contributed by atoms with Crippen LogP contribution in [0, 0.1) is 0 Å². The number of benzene rings is 1. The van der Waals surface area contributed by atoms with Crippen molar-refractivity contribution in [3.8, 4) is 0 Å². The monoisotopic (exact) mass is 276 g/mol. The van der Waals surface area contributed by atoms with Gasteiger partial charge in [0.1, 0.15) is 0 Å². The molecule has 4 N–H and O–H groups in total. The SMILES string of the molecule is NNC(=O)/C=C/c1ccccc1.O=C(O)C(F)(F)F. The molecule has 0 aliphatic carbocycles. The second kappa shape index (κ2) is 7.88. The van der Waals surface area contributed by atoms with Crippen molar-refractivity contribution in [1.82, 2.24) is 5.43 Å². The number of amides is 1. The molecule has 5 nitrogen and oxygen atoms in total. The lowest BCUT2D eigenvalue weighted by Gasteiger charge is -1.93. The second-order valence-corrected chi connectivity index (χ2v) is 3.06. The van der Waals surface area contributed by atoms with Crippen molar-refractivity contribution in [3.63, 3.8) is 0 Å². The molecule has 0 radical (unpaired) electrons. The number of carboxylic acid groups (broad SMARTS) is 1. The van der Waals surface area contributed by atoms with Crippen molar-refractivity contribution in [1.29, 1.82) is 0 Å². The predicted molar refractivity (Wildman–Crippen MR) is 61.5 cm³/mol. The topological polar surface area (TPSA) is 92.4 Å². The minimum Gasteiger partial charge on any atom is -0.475 e. The summed E-state index contributed by atoms with van der Waals surface area (Å²) >= 11 is 0. The fourth-order valence-corrected chi connectivity index (χ4v) is 0.784. The molecule has 0 aromatic heterocycles. The number of nitrogens with two attached hydrogens (primary N) is 1. The van der Waals surface area contributed by atoms with Crippen LogP contribution in [0.25, 0.3) is 6.08 Å². The maximum Gasteiger partial charge on any atom is 0.490 e. The minimum atomic E-state index is -5.08. The molecule has 0 unspecified atom stereocenters. The lowest BCUT2D eigenvalue weighted by atomic mass is 10.2. The van der Waals surface area contributed by atoms with E-state index in [-0.39, 0.29) is 5.91 Å². The summed E-state index contributed by atoms with van der Waals surface area (Å²) in [6.45, 7) is 0. The van der Waals surface area contributed by atoms with Gasteiger partial charge in [-0.25, -0.2) is 10.6 Å². The summed E-state index contributed by atoms with van der Waals surface area (Å²) in [6, 6.07) is 9.53. The Morgan fingerprint density at radius 2 is 1.68 bits per heavy atom. The highest BCUT2D eigenvalue weighted by atomic mass is 19.4. The third-order valence-electron chi connectivity index (χ3n) is 1.61. The van der Waals surface area contributed by atoms with Crippen molar-refractivity contribution < 1.29 is 27.9 Å². The molecule has 0 aliphatic rings. The van der Waals surface area contributed by atoms with Crippen LogP contribution >= 0.6 is 0 Å². The Morgan fingerprint density at radius 3 is 2.05 bits per heavy atom. The van der Waals surface area contributed by atoms with Crippen LogP contribution in [0.1, 0.15) is 5.56 Å². The quantitative estimate of drug-likeness (QED) is 0.329. The molecule has 0 heterocycles. The van der Waals surface area contributed by atoms with Crippen molar-refractivity contribution in [2.75, 3.05) is 0 Å². The van der Waals surface area contributed by atoms with Crippen LogP contribution in [-0.4, -0.2) is 23.2 Å². The number of aliphatic carboxylic acids is 1. The number of carbonyl (C=O) groups excluding carboxylic acids is 1. The van der Waals surface area contributed by atoms with E-state index in [9.17, 15) is 18.0 Å². The molecule has 1 aromatic rings. The summed E-state index contributed by atoms with van der Waals surface area (Å²) in [4.78, 5) is 19.6. The molecule has 8 heteroatoms. The zero-order valence-electron chi connectivity index (χ0n) is 9.52. The van der Waals surface area contributed by atoms with Crippen molar-refractivity contribution >= 4 is 18.0 Å². The van der Waals surface area contributed by atoms with Crippen LogP contribution in [0.4, 0.5) is 13.2 Å². The molecule has 1 amide bonds. The molecular formula is C11H11F3N2O3. The molecular weight excluding hydrogens is 265 g/mol. The third-order valence-corrected chi connectivity index (χ3v) is 1.61. The maximum atomic E-state index is 10.7. The van der Waals surface area contributed by atoms with Crippen molar-refractivity contribution in [2.24, 2.45) is 5.84 Å². The number of halogens is 3. The first-order chi connectivity index (χ1) is 8.77. The molecule has 0 fully saturated rings. The Kier molecular flexibility index (Phi) is 6.90. The highest BCUT2D eigenvalue weighted by Gasteiger charge is 2.38. The molecule has 1 rings (SSSR count). The average molecular weight is 276 g/mol. The minimum absolute atomic E-state index is 0.307. The smallest absolute Gasteiger partial charge is 0.475 e. The Bertz CT molecular complexity index is 444. The zero-order valence-corrected chi connectivity index (χ0v) is 9.52. The number of rotatable bonds is 2. The van der Waals surface area contributed by atoms with E-state index >= 15 is 0 Å². The Balaban J connectivity index is 0.000000399. The van der Waals surface area contributed by atoms with Gasteiger partial charge in [0, 0.05) is 6.08 Å². The molecule has 0 atom stereocenters. The van der Waals surface area contributed by atoms with Crippen LogP contribution in [0.15, 0.2) is 36.4 Å². The lowest BCUT2D eigenvalue weighted by Crippen LogP contribution is -2.27. The van der Waals surface area contributed by atoms with Crippen LogP contribution < -0.4 is 11.3 Å². The number of carbonyl (C=O) groups is 2. The van der Waals surface area contributed by atoms with Crippen LogP contribution in [0.2, 0.25) is 0 Å². The summed E-state index contributed by atoms with van der Waals surface area (Å²) in [5.41, 5.74) is 2.98. The molecule has 0 spiro atoms. The third kappa shape index (κ3) is 8.38. The van der Waals surface area contributed by atoms with Gasteiger partial charge in [0.2, 0.25) is 0 Å². The Morgan fingerprint density at radius 1 is 1.21 bits per heavy atom. The summed E-state index contributed by atoms with van der Waals surface area (Å²) in [5, 5.41) is 7.12. The summed E-state index contributed by atoms with van der Waals surface area (Å²) in [7, 11) is 0. The van der Waals surface area contributed by atoms with E-state index < -0.39 is 12.1 Å². The molecule has 0 saturated heterocycles. The van der Waals surface area contributed by atoms with E-state index in [0.717, 1.165) is 5.56 Å². The van der Waals surface area contributed by atoms with Gasteiger partial charge >= 0.3 is 12.1 Å². The highest BCUT2D eigenvalue weighted by molar-refractivity contribution is 5.91. The summed E-state index contributed by atoms with van der Waals surface area (Å²) < 4.78 is 31.7. The Labute approximate surface area is 106 Å². The molecule has 0 saturated carbocycles. The number of alkyl halides is 3. The number of carboxylic acids is 1. The molecule has 1 aromatic carbocycles. The van der Waals surface area contributed by atoms with Gasteiger partial charge in [-0.1, -0.05) is 30.3 Å². The van der Waals surface area contributed by atoms with E-state index in [1.807, 2.05) is 35.8 Å². The second-order valence-electron chi connectivity index (χ2n) is 3.06. The highest BCUT2D eigenvalue weighted by Crippen LogP contribution is 2.13. The Hall–Kier alpha value is -2.35. The van der Waals surface area contributed by atoms with Gasteiger partial charge in [-0.3, -0.25) is 10.2 Å². The van der Waals surface area contributed by atoms with Gasteiger partial charge in [-0.05, 0) is 11.6 Å². The first kappa shape index (κ1) is 16.6. The molecule has 19 heavy (non-hydrogen) atoms. The summed E-state index contributed by atoms with van der Waals surface area (Å²) in [6.07, 6.45) is -2.00. The van der Waals surface area contributed by atoms with Gasteiger partial charge in [-0.2, -0.15) is 13.2 Å². The molecule has 104 valence electrons. The standard InChI is InChI=1S/C9H10N2O.C2HF3O2/c10-11-9(12)7-6-8-4-2-1-3-5-8;3-2(4,5)1(6)7/h1-7H,10H2,(H,11,12);(H,6,7)/b7-6+;. The fraction of sp³-hybridized carbons (Fsp3) is 0.0909. The number of hydrogen-bond acceptors (Lipinski definition) is 3. The van der Waals surface area contributed by atoms with Gasteiger partial charge < -0.3 is 5.11 Å². The van der Waals surface area contributed by atoms with E-state index in [2.05, 4.69) is 0 Å². The van der Waals surface area contributed by atoms with E-state index in [1.165, 1.54) is 6.08 Å². The maximum absolute atomic E-state index is 10.7. The van der Waals surface area contributed by atoms with Gasteiger partial charge in [-0.15, -0.1) is 0 Å². The van der Waals surface area contributed by atoms with Crippen LogP contribution in [-0.2, 0) is 9.59 Å². The van der Waals surface area contributed by atoms with Crippen molar-refractivity contribution in [3.05, 3.63) is 42.0 Å². The first-order valence-electron chi connectivity index (χ1n) is 4.81. The van der Waals surface area contributed by atoms with E-state index in [0.29, 0.717) is 0 Å². The number of hydrogen-bond donors (Lipinski definition) is 3. The average Bonchev–Trinajstić information content (AvgIpc) is 2.36. The predicted octanol–water partition coefficient (Wildman–Crippen LogP) is 1.32. The summed E-state index contributed by atoms with van der Waals surface area (Å²) in [5.74, 6) is 1.82. The number of hydrazine groups is 1.